The fourth-order valence-electron chi connectivity index (χ4n) is 5.16. The summed E-state index contributed by atoms with van der Waals surface area (Å²) in [7, 11) is 1.63. The van der Waals surface area contributed by atoms with E-state index in [9.17, 15) is 18.7 Å². The number of nitrogens with zero attached hydrogens (tertiary/aromatic N) is 3. The van der Waals surface area contributed by atoms with Crippen LogP contribution in [0.25, 0.3) is 0 Å². The van der Waals surface area contributed by atoms with Crippen LogP contribution in [0.3, 0.4) is 0 Å². The third kappa shape index (κ3) is 4.47. The summed E-state index contributed by atoms with van der Waals surface area (Å²) >= 11 is 0. The Morgan fingerprint density at radius 1 is 1.36 bits per heavy atom. The molecule has 33 heavy (non-hydrogen) atoms. The predicted octanol–water partition coefficient (Wildman–Crippen LogP) is 3.87. The van der Waals surface area contributed by atoms with Crippen LogP contribution >= 0.6 is 0 Å². The first kappa shape index (κ1) is 23.6. The van der Waals surface area contributed by atoms with Crippen LogP contribution in [0.15, 0.2) is 24.4 Å². The lowest BCUT2D eigenvalue weighted by molar-refractivity contribution is -0.110. The number of methoxy groups -OCH3 is 1. The number of aromatic amines is 1. The van der Waals surface area contributed by atoms with Gasteiger partial charge in [-0.25, -0.2) is 13.6 Å². The summed E-state index contributed by atoms with van der Waals surface area (Å²) in [4.78, 5) is 15.9. The standard InChI is InChI=1S/C23H30F2N4O4/c1-23(2,3)29(22(30)31)19-8-14(11-33-21(19)15-7-13(24)5-6-17(15)25)28-10-18-16(9-26-27-18)20(28)12-32-4/h5-7,9,14,19-21H,8,10-12H2,1-4H3,(H,26,27)(H,30,31)/t14-,19+,20?,21-/m1/s1. The lowest BCUT2D eigenvalue weighted by atomic mass is 9.88. The number of carbonyl (C=O) groups is 1. The highest BCUT2D eigenvalue weighted by Gasteiger charge is 2.47. The van der Waals surface area contributed by atoms with Gasteiger partial charge in [-0.1, -0.05) is 0 Å². The van der Waals surface area contributed by atoms with Gasteiger partial charge in [-0.3, -0.25) is 14.9 Å². The molecule has 0 radical (unpaired) electrons. The lowest BCUT2D eigenvalue weighted by Gasteiger charge is -2.48. The normalized spacial score (nSPS) is 25.8. The van der Waals surface area contributed by atoms with E-state index in [4.69, 9.17) is 9.47 Å². The number of benzene rings is 1. The Kier molecular flexibility index (Phi) is 6.43. The molecule has 2 aromatic rings. The summed E-state index contributed by atoms with van der Waals surface area (Å²) in [6.07, 6.45) is 0.101. The largest absolute Gasteiger partial charge is 0.465 e. The van der Waals surface area contributed by atoms with Crippen molar-refractivity contribution in [2.75, 3.05) is 20.3 Å². The second-order valence-corrected chi connectivity index (χ2v) is 9.65. The molecule has 4 atom stereocenters. The molecule has 8 nitrogen and oxygen atoms in total. The van der Waals surface area contributed by atoms with Gasteiger partial charge in [-0.05, 0) is 45.4 Å². The Bertz CT molecular complexity index is 1010. The molecule has 2 aliphatic rings. The fraction of sp³-hybridized carbons (Fsp3) is 0.565. The van der Waals surface area contributed by atoms with Crippen molar-refractivity contribution in [2.45, 2.75) is 63.5 Å². The molecule has 2 aliphatic heterocycles. The van der Waals surface area contributed by atoms with E-state index in [1.165, 1.54) is 4.90 Å². The number of aromatic nitrogens is 2. The summed E-state index contributed by atoms with van der Waals surface area (Å²) in [5.41, 5.74) is 1.27. The highest BCUT2D eigenvalue weighted by molar-refractivity contribution is 5.66. The molecular formula is C23H30F2N4O4. The van der Waals surface area contributed by atoms with E-state index in [0.29, 0.717) is 19.6 Å². The summed E-state index contributed by atoms with van der Waals surface area (Å²) in [6, 6.07) is 2.24. The molecule has 0 saturated carbocycles. The Labute approximate surface area is 191 Å². The minimum Gasteiger partial charge on any atom is -0.465 e. The van der Waals surface area contributed by atoms with E-state index in [0.717, 1.165) is 29.5 Å². The van der Waals surface area contributed by atoms with Crippen molar-refractivity contribution in [3.63, 3.8) is 0 Å². The van der Waals surface area contributed by atoms with Crippen molar-refractivity contribution in [1.82, 2.24) is 20.0 Å². The van der Waals surface area contributed by atoms with Gasteiger partial charge in [0, 0.05) is 36.4 Å². The zero-order valence-corrected chi connectivity index (χ0v) is 19.2. The Hall–Kier alpha value is -2.56. The monoisotopic (exact) mass is 464 g/mol. The molecule has 3 heterocycles. The first-order chi connectivity index (χ1) is 15.6. The van der Waals surface area contributed by atoms with Crippen molar-refractivity contribution < 1.29 is 28.2 Å². The van der Waals surface area contributed by atoms with E-state index in [2.05, 4.69) is 15.1 Å². The van der Waals surface area contributed by atoms with Crippen molar-refractivity contribution in [3.05, 3.63) is 52.9 Å². The number of fused-ring (bicyclic) bond motifs is 1. The number of hydrogen-bond acceptors (Lipinski definition) is 5. The summed E-state index contributed by atoms with van der Waals surface area (Å²) in [5.74, 6) is -1.22. The Balaban J connectivity index is 1.69. The van der Waals surface area contributed by atoms with Crippen LogP contribution in [0.4, 0.5) is 13.6 Å². The fourth-order valence-corrected chi connectivity index (χ4v) is 5.16. The average molecular weight is 465 g/mol. The number of H-pyrrole nitrogens is 1. The summed E-state index contributed by atoms with van der Waals surface area (Å²) in [5, 5.41) is 17.2. The van der Waals surface area contributed by atoms with E-state index >= 15 is 0 Å². The Morgan fingerprint density at radius 3 is 2.79 bits per heavy atom. The van der Waals surface area contributed by atoms with Crippen molar-refractivity contribution in [2.24, 2.45) is 0 Å². The van der Waals surface area contributed by atoms with Crippen LogP contribution < -0.4 is 0 Å². The number of halogens is 2. The molecule has 1 amide bonds. The second kappa shape index (κ2) is 9.00. The SMILES string of the molecule is COCC1c2cn[nH]c2CN1[C@H]1CO[C@H](c2cc(F)ccc2F)[C@@H](N(C(=O)O)C(C)(C)C)C1. The van der Waals surface area contributed by atoms with Crippen molar-refractivity contribution in [1.29, 1.82) is 0 Å². The van der Waals surface area contributed by atoms with Crippen molar-refractivity contribution >= 4 is 6.09 Å². The molecule has 1 fully saturated rings. The molecule has 1 aromatic carbocycles. The molecular weight excluding hydrogens is 434 g/mol. The molecule has 1 aromatic heterocycles. The van der Waals surface area contributed by atoms with Gasteiger partial charge in [0.2, 0.25) is 0 Å². The highest BCUT2D eigenvalue weighted by Crippen LogP contribution is 2.42. The highest BCUT2D eigenvalue weighted by atomic mass is 19.1. The summed E-state index contributed by atoms with van der Waals surface area (Å²) in [6.45, 7) is 6.62. The van der Waals surface area contributed by atoms with Gasteiger partial charge in [0.1, 0.15) is 17.7 Å². The zero-order chi connectivity index (χ0) is 23.9. The van der Waals surface area contributed by atoms with Gasteiger partial charge in [0.15, 0.2) is 0 Å². The van der Waals surface area contributed by atoms with Gasteiger partial charge in [0.05, 0.1) is 37.2 Å². The number of nitrogens with one attached hydrogen (secondary N) is 1. The van der Waals surface area contributed by atoms with Crippen molar-refractivity contribution in [3.8, 4) is 0 Å². The lowest BCUT2D eigenvalue weighted by Crippen LogP contribution is -2.58. The van der Waals surface area contributed by atoms with Gasteiger partial charge in [-0.15, -0.1) is 0 Å². The molecule has 10 heteroatoms. The molecule has 0 spiro atoms. The minimum atomic E-state index is -1.14. The zero-order valence-electron chi connectivity index (χ0n) is 19.2. The quantitative estimate of drug-likeness (QED) is 0.698. The molecule has 180 valence electrons. The number of ether oxygens (including phenoxy) is 2. The van der Waals surface area contributed by atoms with E-state index in [1.54, 1.807) is 34.1 Å². The van der Waals surface area contributed by atoms with Gasteiger partial charge >= 0.3 is 6.09 Å². The number of hydrogen-bond donors (Lipinski definition) is 2. The average Bonchev–Trinajstić information content (AvgIpc) is 3.31. The number of rotatable bonds is 5. The maximum Gasteiger partial charge on any atom is 0.408 e. The number of amides is 1. The van der Waals surface area contributed by atoms with Crippen LogP contribution in [0.2, 0.25) is 0 Å². The van der Waals surface area contributed by atoms with Crippen LogP contribution in [0.5, 0.6) is 0 Å². The molecule has 2 N–H and O–H groups in total. The number of carboxylic acid groups (broad SMARTS) is 1. The van der Waals surface area contributed by atoms with E-state index < -0.39 is 35.4 Å². The van der Waals surface area contributed by atoms with Gasteiger partial charge in [0.25, 0.3) is 0 Å². The van der Waals surface area contributed by atoms with Crippen LogP contribution in [-0.2, 0) is 16.0 Å². The molecule has 0 bridgehead atoms. The Morgan fingerprint density at radius 2 is 2.12 bits per heavy atom. The molecule has 0 aliphatic carbocycles. The topological polar surface area (TPSA) is 90.9 Å². The van der Waals surface area contributed by atoms with E-state index in [1.807, 2.05) is 0 Å². The third-order valence-corrected chi connectivity index (χ3v) is 6.50. The molecule has 4 rings (SSSR count). The molecule has 1 saturated heterocycles. The molecule has 1 unspecified atom stereocenters. The smallest absolute Gasteiger partial charge is 0.408 e. The van der Waals surface area contributed by atoms with Crippen LogP contribution in [0, 0.1) is 11.6 Å². The minimum absolute atomic E-state index is 0.0261. The van der Waals surface area contributed by atoms with E-state index in [-0.39, 0.29) is 24.3 Å². The maximum atomic E-state index is 14.7. The first-order valence-corrected chi connectivity index (χ1v) is 11.0. The second-order valence-electron chi connectivity index (χ2n) is 9.65. The third-order valence-electron chi connectivity index (χ3n) is 6.50. The van der Waals surface area contributed by atoms with Crippen LogP contribution in [0.1, 0.15) is 56.2 Å². The summed E-state index contributed by atoms with van der Waals surface area (Å²) < 4.78 is 40.3. The van der Waals surface area contributed by atoms with Gasteiger partial charge in [-0.2, -0.15) is 5.10 Å². The maximum absolute atomic E-state index is 14.7. The van der Waals surface area contributed by atoms with Crippen LogP contribution in [-0.4, -0.2) is 69.1 Å². The first-order valence-electron chi connectivity index (χ1n) is 11.0. The van der Waals surface area contributed by atoms with Gasteiger partial charge < -0.3 is 14.6 Å². The predicted molar refractivity (Wildman–Crippen MR) is 116 cm³/mol.